The second-order valence-electron chi connectivity index (χ2n) is 19.7. The molecule has 0 atom stereocenters. The molecule has 0 aromatic heterocycles. The molecule has 336 valence electrons. The van der Waals surface area contributed by atoms with Crippen LogP contribution in [0.5, 0.6) is 0 Å². The highest BCUT2D eigenvalue weighted by atomic mass is 15.2. The van der Waals surface area contributed by atoms with Crippen LogP contribution >= 0.6 is 0 Å². The highest BCUT2D eigenvalue weighted by Gasteiger charge is 2.45. The summed E-state index contributed by atoms with van der Waals surface area (Å²) >= 11 is 0. The molecule has 3 nitrogen and oxygen atoms in total. The Morgan fingerprint density at radius 3 is 1.09 bits per heavy atom. The Morgan fingerprint density at radius 2 is 0.742 bits per heavy atom. The van der Waals surface area contributed by atoms with Crippen LogP contribution in [0.1, 0.15) is 164 Å². The van der Waals surface area contributed by atoms with Crippen LogP contribution in [-0.4, -0.2) is 6.71 Å². The number of hydrogen-bond acceptors (Lipinski definition) is 3. The number of benzene rings is 7. The van der Waals surface area contributed by atoms with Gasteiger partial charge in [0.1, 0.15) is 0 Å². The summed E-state index contributed by atoms with van der Waals surface area (Å²) in [6, 6.07) is -14.7. The van der Waals surface area contributed by atoms with Crippen LogP contribution in [0.4, 0.5) is 51.2 Å². The Hall–Kier alpha value is -6.00. The van der Waals surface area contributed by atoms with Crippen LogP contribution in [-0.2, 0) is 21.7 Å². The second kappa shape index (κ2) is 17.0. The summed E-state index contributed by atoms with van der Waals surface area (Å²) in [5.41, 5.74) is -9.09. The van der Waals surface area contributed by atoms with Gasteiger partial charge in [0.15, 0.2) is 0 Å². The van der Waals surface area contributed by atoms with Crippen molar-refractivity contribution < 1.29 is 32.9 Å². The summed E-state index contributed by atoms with van der Waals surface area (Å²) in [4.78, 5) is 3.07. The highest BCUT2D eigenvalue weighted by Crippen LogP contribution is 2.49. The minimum absolute atomic E-state index is 0.00827. The third kappa shape index (κ3) is 7.74. The number of rotatable bonds is 13. The third-order valence-corrected chi connectivity index (χ3v) is 14.2. The van der Waals surface area contributed by atoms with Crippen LogP contribution in [0, 0.1) is 0 Å². The van der Waals surface area contributed by atoms with Gasteiger partial charge in [0.05, 0.1) is 38.6 Å². The van der Waals surface area contributed by atoms with Crippen molar-refractivity contribution in [3.05, 3.63) is 179 Å². The van der Waals surface area contributed by atoms with Gasteiger partial charge in [-0.1, -0.05) is 168 Å². The summed E-state index contributed by atoms with van der Waals surface area (Å²) in [6.07, 6.45) is 1.27. The fourth-order valence-electron chi connectivity index (χ4n) is 8.12. The normalized spacial score (nSPS) is 18.7. The van der Waals surface area contributed by atoms with E-state index in [9.17, 15) is 24.7 Å². The monoisotopic (exact) mass is 892 g/mol. The van der Waals surface area contributed by atoms with Gasteiger partial charge in [0.2, 0.25) is 0 Å². The van der Waals surface area contributed by atoms with E-state index in [1.807, 2.05) is 27.7 Å². The third-order valence-electron chi connectivity index (χ3n) is 14.2. The quantitative estimate of drug-likeness (QED) is 0.107. The van der Waals surface area contributed by atoms with Crippen molar-refractivity contribution in [2.45, 2.75) is 130 Å². The van der Waals surface area contributed by atoms with Crippen molar-refractivity contribution >= 4 is 74.3 Å². The number of anilines is 9. The van der Waals surface area contributed by atoms with Crippen molar-refractivity contribution in [2.75, 3.05) is 14.7 Å². The van der Waals surface area contributed by atoms with E-state index in [0.717, 1.165) is 14.7 Å². The lowest BCUT2D eigenvalue weighted by Crippen LogP contribution is -2.61. The minimum Gasteiger partial charge on any atom is -0.311 e. The molecule has 0 spiro atoms. The van der Waals surface area contributed by atoms with Crippen molar-refractivity contribution in [1.29, 1.82) is 0 Å². The van der Waals surface area contributed by atoms with Crippen molar-refractivity contribution in [3.8, 4) is 0 Å². The maximum Gasteiger partial charge on any atom is 0.252 e. The average Bonchev–Trinajstić information content (AvgIpc) is 0.673. The summed E-state index contributed by atoms with van der Waals surface area (Å²) in [6.45, 7) is 19.7. The van der Waals surface area contributed by atoms with Gasteiger partial charge in [-0.3, -0.25) is 0 Å². The largest absolute Gasteiger partial charge is 0.311 e. The Bertz CT molecular complexity index is 3910. The topological polar surface area (TPSA) is 9.72 Å². The van der Waals surface area contributed by atoms with Gasteiger partial charge >= 0.3 is 0 Å². The molecule has 2 heterocycles. The Morgan fingerprint density at radius 1 is 0.409 bits per heavy atom. The van der Waals surface area contributed by atoms with Crippen LogP contribution in [0.3, 0.4) is 0 Å². The lowest BCUT2D eigenvalue weighted by atomic mass is 9.33. The smallest absolute Gasteiger partial charge is 0.252 e. The molecule has 0 radical (unpaired) electrons. The molecular weight excluding hydrogens is 798 g/mol. The van der Waals surface area contributed by atoms with Gasteiger partial charge < -0.3 is 14.7 Å². The van der Waals surface area contributed by atoms with E-state index < -0.39 is 201 Å². The standard InChI is InChI=1S/C62H70BN3/c1-13-59(5,6)43-27-33-49(34-28-43)65-54-37-31-45(61(9,10)15-3)39-52(54)63-53-40-46(62(11,12)16-4)32-38-55(53)66(50-35-29-44(30-36-50)60(7,8)14-2)57-42-51(41-56(65)58(57)63)64(47-23-19-17-20-24-47)48-25-21-18-22-26-48/h17-42H,13-16H2,1-12H3/i17D,18D,19D,20D,21D,22D,23D,24D,25D,26D,27D,28D,29D,30D,31D,32D,33D,34D,35D,36D,37D,38D,39D,40D. The molecule has 0 unspecified atom stereocenters. The van der Waals surface area contributed by atoms with E-state index in [1.165, 1.54) is 12.1 Å². The van der Waals surface area contributed by atoms with Gasteiger partial charge in [-0.2, -0.15) is 0 Å². The first-order valence-corrected chi connectivity index (χ1v) is 22.8. The molecule has 0 aliphatic carbocycles. The van der Waals surface area contributed by atoms with Crippen molar-refractivity contribution in [2.24, 2.45) is 0 Å². The fraction of sp³-hybridized carbons (Fsp3) is 0.323. The zero-order valence-corrected chi connectivity index (χ0v) is 39.9. The number of fused-ring (bicyclic) bond motifs is 4. The van der Waals surface area contributed by atoms with Gasteiger partial charge in [0.25, 0.3) is 6.71 Å². The molecule has 0 N–H and O–H groups in total. The summed E-state index contributed by atoms with van der Waals surface area (Å²) in [5, 5.41) is 0. The molecular formula is C62H70BN3. The molecule has 7 aromatic carbocycles. The fourth-order valence-corrected chi connectivity index (χ4v) is 8.12. The van der Waals surface area contributed by atoms with Crippen LogP contribution in [0.15, 0.2) is 157 Å². The predicted octanol–water partition coefficient (Wildman–Crippen LogP) is 16.0. The van der Waals surface area contributed by atoms with Crippen LogP contribution in [0.25, 0.3) is 0 Å². The first-order valence-electron chi connectivity index (χ1n) is 34.8. The van der Waals surface area contributed by atoms with Gasteiger partial charge in [-0.05, 0) is 159 Å². The Balaban J connectivity index is 1.71. The summed E-state index contributed by atoms with van der Waals surface area (Å²) in [7, 11) is 0. The molecule has 0 fully saturated rings. The van der Waals surface area contributed by atoms with Crippen LogP contribution < -0.4 is 31.1 Å². The summed E-state index contributed by atoms with van der Waals surface area (Å²) in [5.74, 6) is 0. The lowest BCUT2D eigenvalue weighted by Gasteiger charge is -2.46. The van der Waals surface area contributed by atoms with Gasteiger partial charge in [-0.15, -0.1) is 0 Å². The number of para-hydroxylation sites is 2. The molecule has 2 aliphatic rings. The second-order valence-corrected chi connectivity index (χ2v) is 19.7. The molecule has 0 bridgehead atoms. The molecule has 7 aromatic rings. The van der Waals surface area contributed by atoms with Gasteiger partial charge in [0, 0.05) is 45.5 Å². The number of nitrogens with zero attached hydrogens (tertiary/aromatic N) is 3. The highest BCUT2D eigenvalue weighted by molar-refractivity contribution is 7.00. The molecule has 9 rings (SSSR count). The molecule has 0 amide bonds. The summed E-state index contributed by atoms with van der Waals surface area (Å²) < 4.78 is 233. The molecule has 4 heteroatoms. The minimum atomic E-state index is -1.62. The first-order chi connectivity index (χ1) is 41.6. The van der Waals surface area contributed by atoms with E-state index in [0.29, 0.717) is 25.7 Å². The van der Waals surface area contributed by atoms with Crippen molar-refractivity contribution in [1.82, 2.24) is 0 Å². The Kier molecular flexibility index (Phi) is 6.36. The van der Waals surface area contributed by atoms with Crippen LogP contribution in [0.2, 0.25) is 0 Å². The molecule has 2 aliphatic heterocycles. The van der Waals surface area contributed by atoms with E-state index in [-0.39, 0.29) is 62.1 Å². The maximum absolute atomic E-state index is 10.6. The zero-order chi connectivity index (χ0) is 67.6. The SMILES string of the molecule is [2H]c1c([2H])c([2H])c(N(c2cc3c4c(c2)N(c2c([2H])c([2H])c(C(C)(C)CC)c([2H])c2[2H])c2c([2H])c([2H])c(C(C)(C)CC)c([2H])c2B4c2c([2H])c(C(C)(C)CC)c([2H])c([2H])c2N3c2c([2H])c([2H])c(C(C)(C)CC)c([2H])c2[2H])c2c([2H])c([2H])c([2H])c([2H])c2[2H])c([2H])c1[2H]. The first kappa shape index (κ1) is 24.7. The predicted molar refractivity (Wildman–Crippen MR) is 288 cm³/mol. The number of hydrogen-bond donors (Lipinski definition) is 0. The van der Waals surface area contributed by atoms with Gasteiger partial charge in [-0.25, -0.2) is 0 Å². The molecule has 0 saturated carbocycles. The van der Waals surface area contributed by atoms with E-state index in [4.69, 9.17) is 8.22 Å². The Labute approximate surface area is 431 Å². The van der Waals surface area contributed by atoms with E-state index >= 15 is 0 Å². The average molecular weight is 892 g/mol. The maximum atomic E-state index is 10.6. The lowest BCUT2D eigenvalue weighted by molar-refractivity contribution is 0.506. The van der Waals surface area contributed by atoms with Crippen molar-refractivity contribution in [3.63, 3.8) is 0 Å². The zero-order valence-electron chi connectivity index (χ0n) is 63.9. The van der Waals surface area contributed by atoms with E-state index in [2.05, 4.69) is 0 Å². The molecule has 66 heavy (non-hydrogen) atoms. The molecule has 0 saturated heterocycles. The van der Waals surface area contributed by atoms with E-state index in [1.54, 1.807) is 55.4 Å².